The number of alkyl halides is 6. The molecule has 256 valence electrons. The van der Waals surface area contributed by atoms with Gasteiger partial charge in [0, 0.05) is 0 Å². The van der Waals surface area contributed by atoms with Gasteiger partial charge < -0.3 is 0 Å². The summed E-state index contributed by atoms with van der Waals surface area (Å²) < 4.78 is 113. The molecule has 0 aliphatic rings. The van der Waals surface area contributed by atoms with Crippen molar-refractivity contribution in [2.24, 2.45) is 0 Å². The smallest absolute Gasteiger partial charge is 0.202 e. The van der Waals surface area contributed by atoms with Gasteiger partial charge >= 0.3 is 203 Å². The van der Waals surface area contributed by atoms with Gasteiger partial charge in [-0.2, -0.15) is 26.3 Å². The monoisotopic (exact) mass is 683 g/mol. The average molecular weight is 684 g/mol. The number of unbranched alkanes of at least 4 members (excludes halogenated alkanes) is 10. The number of esters is 1. The summed E-state index contributed by atoms with van der Waals surface area (Å²) in [6.45, 7) is 9.09. The Hall–Kier alpha value is -0.660. The van der Waals surface area contributed by atoms with Gasteiger partial charge in [0.2, 0.25) is 0 Å². The maximum Gasteiger partial charge on any atom is 0.512 e. The normalized spacial score (nSPS) is 13.4. The summed E-state index contributed by atoms with van der Waals surface area (Å²) in [5.41, 5.74) is -12.3. The standard InChI is InChI=1S/C24H51O2P.C2HF6NO4S2/c1-5-8-11-15-20-27(21-16-12-9-6-2,22-17-13-10-7-3)23-18-14-19-26-24(4)25;3-1(4,5)14(10,11)9-15(12,13)2(6,7)8/h27H,5-23H2,1-4H3;9H. The second-order valence-electron chi connectivity index (χ2n) is 10.7. The van der Waals surface area contributed by atoms with E-state index in [2.05, 4.69) is 20.8 Å². The maximum absolute atomic E-state index is 11.5. The molecule has 0 saturated carbocycles. The summed E-state index contributed by atoms with van der Waals surface area (Å²) in [5, 5.41) is 0. The summed E-state index contributed by atoms with van der Waals surface area (Å²) >= 11 is 0. The van der Waals surface area contributed by atoms with Crippen molar-refractivity contribution < 1.29 is 52.7 Å². The largest absolute Gasteiger partial charge is 0.512 e. The van der Waals surface area contributed by atoms with E-state index in [1.807, 2.05) is 0 Å². The van der Waals surface area contributed by atoms with Crippen molar-refractivity contribution in [3.8, 4) is 0 Å². The number of carbonyl (C=O) groups is 1. The van der Waals surface area contributed by atoms with Crippen LogP contribution in [-0.4, -0.2) is 65.1 Å². The van der Waals surface area contributed by atoms with Crippen molar-refractivity contribution in [2.75, 3.05) is 31.3 Å². The predicted molar refractivity (Wildman–Crippen MR) is 159 cm³/mol. The van der Waals surface area contributed by atoms with Gasteiger partial charge in [0.25, 0.3) is 0 Å². The first kappa shape index (κ1) is 43.5. The SMILES string of the molecule is CCCCCC[PH](CCCCCC)(CCCCCC)CCCCOC(C)=O.O=S(=O)(NS(=O)(=O)C(F)(F)F)C(F)(F)F. The molecule has 0 spiro atoms. The molecule has 0 unspecified atom stereocenters. The van der Waals surface area contributed by atoms with Gasteiger partial charge in [0.1, 0.15) is 0 Å². The van der Waals surface area contributed by atoms with Gasteiger partial charge in [-0.15, -0.1) is 0 Å². The molecule has 0 aromatic heterocycles. The molecule has 0 aliphatic carbocycles. The summed E-state index contributed by atoms with van der Waals surface area (Å²) in [4.78, 5) is 11.0. The topological polar surface area (TPSA) is 107 Å². The van der Waals surface area contributed by atoms with Gasteiger partial charge in [0.05, 0.1) is 0 Å². The third kappa shape index (κ3) is 20.3. The van der Waals surface area contributed by atoms with Crippen LogP contribution in [0.5, 0.6) is 0 Å². The molecule has 0 fully saturated rings. The zero-order chi connectivity index (χ0) is 32.9. The van der Waals surface area contributed by atoms with E-state index in [1.54, 1.807) is 18.5 Å². The van der Waals surface area contributed by atoms with E-state index < -0.39 is 42.5 Å². The van der Waals surface area contributed by atoms with Crippen molar-refractivity contribution in [1.82, 2.24) is 4.13 Å². The van der Waals surface area contributed by atoms with Crippen molar-refractivity contribution in [1.29, 1.82) is 0 Å². The van der Waals surface area contributed by atoms with Crippen LogP contribution in [0.3, 0.4) is 0 Å². The molecule has 0 atom stereocenters. The average Bonchev–Trinajstić information content (AvgIpc) is 2.85. The molecule has 0 rings (SSSR count). The fourth-order valence-electron chi connectivity index (χ4n) is 4.59. The van der Waals surface area contributed by atoms with E-state index >= 15 is 0 Å². The third-order valence-corrected chi connectivity index (χ3v) is 15.5. The van der Waals surface area contributed by atoms with Crippen LogP contribution >= 0.6 is 7.26 Å². The zero-order valence-electron chi connectivity index (χ0n) is 25.5. The molecule has 0 heterocycles. The minimum absolute atomic E-state index is 0.128. The Balaban J connectivity index is 0. The van der Waals surface area contributed by atoms with Crippen LogP contribution < -0.4 is 4.13 Å². The molecular formula is C26H52F6NO6PS2. The second kappa shape index (κ2) is 21.9. The van der Waals surface area contributed by atoms with Crippen LogP contribution in [0.25, 0.3) is 0 Å². The van der Waals surface area contributed by atoms with E-state index in [0.29, 0.717) is 6.61 Å². The minimum atomic E-state index is -6.60. The first-order valence-electron chi connectivity index (χ1n) is 14.8. The van der Waals surface area contributed by atoms with Crippen LogP contribution in [0.15, 0.2) is 0 Å². The molecule has 16 heteroatoms. The van der Waals surface area contributed by atoms with Crippen LogP contribution in [0.2, 0.25) is 0 Å². The Kier molecular flexibility index (Phi) is 22.7. The Labute approximate surface area is 249 Å². The van der Waals surface area contributed by atoms with Gasteiger partial charge in [-0.3, -0.25) is 0 Å². The van der Waals surface area contributed by atoms with Crippen LogP contribution in [0.1, 0.15) is 118 Å². The molecule has 0 bridgehead atoms. The first-order chi connectivity index (χ1) is 19.3. The molecule has 0 radical (unpaired) electrons. The Morgan fingerprint density at radius 1 is 0.595 bits per heavy atom. The number of hydrogen-bond acceptors (Lipinski definition) is 6. The second-order valence-corrected chi connectivity index (χ2v) is 19.3. The number of nitrogens with one attached hydrogen (secondary N) is 1. The van der Waals surface area contributed by atoms with Gasteiger partial charge in [-0.05, 0) is 0 Å². The molecule has 0 aromatic rings. The van der Waals surface area contributed by atoms with Crippen molar-refractivity contribution >= 4 is 33.3 Å². The number of ether oxygens (including phenoxy) is 1. The van der Waals surface area contributed by atoms with Crippen LogP contribution in [0, 0.1) is 0 Å². The number of carbonyl (C=O) groups excluding carboxylic acids is 1. The Morgan fingerprint density at radius 3 is 1.17 bits per heavy atom. The van der Waals surface area contributed by atoms with Crippen molar-refractivity contribution in [3.05, 3.63) is 0 Å². The van der Waals surface area contributed by atoms with Crippen LogP contribution in [-0.2, 0) is 29.6 Å². The fraction of sp³-hybridized carbons (Fsp3) is 0.962. The molecule has 1 N–H and O–H groups in total. The third-order valence-electron chi connectivity index (χ3n) is 6.92. The summed E-state index contributed by atoms with van der Waals surface area (Å²) in [6.07, 6.45) is 25.4. The maximum atomic E-state index is 11.5. The molecule has 0 aliphatic heterocycles. The summed E-state index contributed by atoms with van der Waals surface area (Å²) in [6, 6.07) is 0. The van der Waals surface area contributed by atoms with Crippen LogP contribution in [0.4, 0.5) is 26.3 Å². The summed E-state index contributed by atoms with van der Waals surface area (Å²) in [7, 11) is -14.4. The minimum Gasteiger partial charge on any atom is -0.202 e. The number of halogens is 6. The van der Waals surface area contributed by atoms with Gasteiger partial charge in [-0.1, -0.05) is 4.13 Å². The Morgan fingerprint density at radius 2 is 0.905 bits per heavy atom. The predicted octanol–water partition coefficient (Wildman–Crippen LogP) is 8.10. The quantitative estimate of drug-likeness (QED) is 0.0535. The van der Waals surface area contributed by atoms with E-state index in [1.165, 1.54) is 96.6 Å². The van der Waals surface area contributed by atoms with Gasteiger partial charge in [-0.25, -0.2) is 16.8 Å². The molecular weight excluding hydrogens is 631 g/mol. The van der Waals surface area contributed by atoms with Crippen molar-refractivity contribution in [3.63, 3.8) is 0 Å². The number of rotatable bonds is 22. The van der Waals surface area contributed by atoms with E-state index in [0.717, 1.165) is 6.42 Å². The molecule has 0 aromatic carbocycles. The molecule has 0 amide bonds. The molecule has 42 heavy (non-hydrogen) atoms. The van der Waals surface area contributed by atoms with E-state index in [9.17, 15) is 48.0 Å². The Bertz CT molecular complexity index is 855. The van der Waals surface area contributed by atoms with E-state index in [-0.39, 0.29) is 5.97 Å². The fourth-order valence-corrected chi connectivity index (χ4v) is 12.0. The first-order valence-corrected chi connectivity index (χ1v) is 20.6. The summed E-state index contributed by atoms with van der Waals surface area (Å²) in [5.74, 6) is -0.128. The zero-order valence-corrected chi connectivity index (χ0v) is 28.1. The van der Waals surface area contributed by atoms with E-state index in [4.69, 9.17) is 4.74 Å². The van der Waals surface area contributed by atoms with Gasteiger partial charge in [0.15, 0.2) is 0 Å². The molecule has 7 nitrogen and oxygen atoms in total. The number of hydrogen-bond donors (Lipinski definition) is 1. The molecule has 0 saturated heterocycles. The van der Waals surface area contributed by atoms with Crippen molar-refractivity contribution in [2.45, 2.75) is 129 Å². The number of sulfonamides is 2.